The smallest absolute Gasteiger partial charge is 0.277 e. The third kappa shape index (κ3) is 5.21. The minimum absolute atomic E-state index is 0.0717. The van der Waals surface area contributed by atoms with E-state index in [9.17, 15) is 4.79 Å². The summed E-state index contributed by atoms with van der Waals surface area (Å²) in [5.41, 5.74) is 5.35. The van der Waals surface area contributed by atoms with Gasteiger partial charge in [-0.15, -0.1) is 0 Å². The standard InChI is InChI=1S/C18H19BrN2O2/c1-3-16(14-7-5-4-6-8-14)20-21-18(22)12-23-17-10-9-15(19)11-13(17)2/h4-11H,3,12H2,1-2H3,(H,21,22)/b20-16+. The molecule has 0 radical (unpaired) electrons. The number of hydrazone groups is 1. The van der Waals surface area contributed by atoms with Gasteiger partial charge < -0.3 is 4.74 Å². The highest BCUT2D eigenvalue weighted by Gasteiger charge is 2.06. The Labute approximate surface area is 144 Å². The highest BCUT2D eigenvalue weighted by molar-refractivity contribution is 9.10. The van der Waals surface area contributed by atoms with Crippen molar-refractivity contribution in [2.45, 2.75) is 20.3 Å². The largest absolute Gasteiger partial charge is 0.483 e. The third-order valence-corrected chi connectivity index (χ3v) is 3.75. The molecule has 2 rings (SSSR count). The third-order valence-electron chi connectivity index (χ3n) is 3.25. The molecule has 4 nitrogen and oxygen atoms in total. The van der Waals surface area contributed by atoms with Gasteiger partial charge in [0.15, 0.2) is 6.61 Å². The number of rotatable bonds is 6. The van der Waals surface area contributed by atoms with Crippen LogP contribution in [-0.4, -0.2) is 18.2 Å². The van der Waals surface area contributed by atoms with E-state index in [1.165, 1.54) is 0 Å². The maximum Gasteiger partial charge on any atom is 0.277 e. The molecule has 0 aliphatic rings. The van der Waals surface area contributed by atoms with Crippen molar-refractivity contribution in [2.24, 2.45) is 5.10 Å². The van der Waals surface area contributed by atoms with Crippen LogP contribution in [0.2, 0.25) is 0 Å². The number of benzene rings is 2. The van der Waals surface area contributed by atoms with Crippen LogP contribution in [0.1, 0.15) is 24.5 Å². The summed E-state index contributed by atoms with van der Waals surface area (Å²) >= 11 is 3.39. The lowest BCUT2D eigenvalue weighted by Gasteiger charge is -2.09. The Hall–Kier alpha value is -2.14. The van der Waals surface area contributed by atoms with Gasteiger partial charge in [-0.1, -0.05) is 53.2 Å². The summed E-state index contributed by atoms with van der Waals surface area (Å²) in [6.07, 6.45) is 0.733. The van der Waals surface area contributed by atoms with Crippen molar-refractivity contribution in [3.05, 3.63) is 64.1 Å². The molecule has 2 aromatic carbocycles. The van der Waals surface area contributed by atoms with Crippen molar-refractivity contribution in [1.29, 1.82) is 0 Å². The van der Waals surface area contributed by atoms with Gasteiger partial charge in [-0.25, -0.2) is 5.43 Å². The summed E-state index contributed by atoms with van der Waals surface area (Å²) in [5.74, 6) is 0.403. The zero-order chi connectivity index (χ0) is 16.7. The van der Waals surface area contributed by atoms with E-state index in [1.807, 2.05) is 62.4 Å². The number of nitrogens with zero attached hydrogens (tertiary/aromatic N) is 1. The first-order valence-electron chi connectivity index (χ1n) is 7.40. The number of ether oxygens (including phenoxy) is 1. The summed E-state index contributed by atoms with van der Waals surface area (Å²) in [6.45, 7) is 3.86. The Kier molecular flexibility index (Phi) is 6.35. The minimum Gasteiger partial charge on any atom is -0.483 e. The average Bonchev–Trinajstić information content (AvgIpc) is 2.55. The van der Waals surface area contributed by atoms with Crippen LogP contribution in [0.25, 0.3) is 0 Å². The Morgan fingerprint density at radius 3 is 2.61 bits per heavy atom. The van der Waals surface area contributed by atoms with Crippen LogP contribution in [0.15, 0.2) is 58.1 Å². The van der Waals surface area contributed by atoms with E-state index < -0.39 is 0 Å². The highest BCUT2D eigenvalue weighted by Crippen LogP contribution is 2.21. The molecule has 0 atom stereocenters. The summed E-state index contributed by atoms with van der Waals surface area (Å²) in [5, 5.41) is 4.19. The molecule has 2 aromatic rings. The van der Waals surface area contributed by atoms with Crippen LogP contribution < -0.4 is 10.2 Å². The first kappa shape index (κ1) is 17.2. The normalized spacial score (nSPS) is 11.2. The summed E-state index contributed by atoms with van der Waals surface area (Å²) in [7, 11) is 0. The van der Waals surface area contributed by atoms with Crippen molar-refractivity contribution in [1.82, 2.24) is 5.43 Å². The van der Waals surface area contributed by atoms with E-state index in [0.29, 0.717) is 5.75 Å². The van der Waals surface area contributed by atoms with E-state index in [4.69, 9.17) is 4.74 Å². The molecule has 0 aliphatic carbocycles. The van der Waals surface area contributed by atoms with Gasteiger partial charge in [0.2, 0.25) is 0 Å². The fourth-order valence-corrected chi connectivity index (χ4v) is 2.53. The monoisotopic (exact) mass is 374 g/mol. The molecule has 120 valence electrons. The molecule has 23 heavy (non-hydrogen) atoms. The van der Waals surface area contributed by atoms with Gasteiger partial charge in [-0.2, -0.15) is 5.10 Å². The topological polar surface area (TPSA) is 50.7 Å². The number of amides is 1. The quantitative estimate of drug-likeness (QED) is 0.611. The summed E-state index contributed by atoms with van der Waals surface area (Å²) in [6, 6.07) is 15.4. The molecule has 0 aliphatic heterocycles. The van der Waals surface area contributed by atoms with E-state index in [0.717, 1.165) is 27.7 Å². The first-order chi connectivity index (χ1) is 11.1. The molecule has 0 heterocycles. The Morgan fingerprint density at radius 2 is 1.96 bits per heavy atom. The second-order valence-corrected chi connectivity index (χ2v) is 5.93. The molecule has 1 amide bonds. The molecule has 5 heteroatoms. The molecule has 0 aromatic heterocycles. The second-order valence-electron chi connectivity index (χ2n) is 5.01. The predicted octanol–water partition coefficient (Wildman–Crippen LogP) is 4.07. The Balaban J connectivity index is 1.92. The van der Waals surface area contributed by atoms with Crippen LogP contribution in [0.5, 0.6) is 5.75 Å². The van der Waals surface area contributed by atoms with Crippen LogP contribution >= 0.6 is 15.9 Å². The second kappa shape index (κ2) is 8.48. The first-order valence-corrected chi connectivity index (χ1v) is 8.19. The van der Waals surface area contributed by atoms with E-state index in [-0.39, 0.29) is 12.5 Å². The number of carbonyl (C=O) groups excluding carboxylic acids is 1. The van der Waals surface area contributed by atoms with Crippen molar-refractivity contribution >= 4 is 27.5 Å². The molecule has 1 N–H and O–H groups in total. The van der Waals surface area contributed by atoms with Crippen molar-refractivity contribution in [3.8, 4) is 5.75 Å². The molecule has 0 saturated heterocycles. The van der Waals surface area contributed by atoms with Gasteiger partial charge in [0, 0.05) is 4.47 Å². The lowest BCUT2D eigenvalue weighted by molar-refractivity contribution is -0.123. The number of halogens is 1. The fraction of sp³-hybridized carbons (Fsp3) is 0.222. The lowest BCUT2D eigenvalue weighted by atomic mass is 10.1. The molecular formula is C18H19BrN2O2. The maximum atomic E-state index is 11.9. The molecule has 0 spiro atoms. The number of hydrogen-bond acceptors (Lipinski definition) is 3. The fourth-order valence-electron chi connectivity index (χ4n) is 2.06. The maximum absolute atomic E-state index is 11.9. The number of carbonyl (C=O) groups is 1. The van der Waals surface area contributed by atoms with Crippen LogP contribution in [0.4, 0.5) is 0 Å². The molecular weight excluding hydrogens is 356 g/mol. The SMILES string of the molecule is CC/C(=N\NC(=O)COc1ccc(Br)cc1C)c1ccccc1. The van der Waals surface area contributed by atoms with Crippen molar-refractivity contribution in [2.75, 3.05) is 6.61 Å². The van der Waals surface area contributed by atoms with Gasteiger partial charge in [0.05, 0.1) is 5.71 Å². The van der Waals surface area contributed by atoms with Gasteiger partial charge in [0.1, 0.15) is 5.75 Å². The van der Waals surface area contributed by atoms with Crippen LogP contribution in [0.3, 0.4) is 0 Å². The molecule has 0 bridgehead atoms. The zero-order valence-electron chi connectivity index (χ0n) is 13.2. The van der Waals surface area contributed by atoms with Gasteiger partial charge in [-0.05, 0) is 42.7 Å². The van der Waals surface area contributed by atoms with Gasteiger partial charge in [-0.3, -0.25) is 4.79 Å². The van der Waals surface area contributed by atoms with Gasteiger partial charge in [0.25, 0.3) is 5.91 Å². The van der Waals surface area contributed by atoms with Crippen LogP contribution in [-0.2, 0) is 4.79 Å². The summed E-state index contributed by atoms with van der Waals surface area (Å²) < 4.78 is 6.50. The van der Waals surface area contributed by atoms with Crippen molar-refractivity contribution in [3.63, 3.8) is 0 Å². The summed E-state index contributed by atoms with van der Waals surface area (Å²) in [4.78, 5) is 11.9. The number of hydrogen-bond donors (Lipinski definition) is 1. The average molecular weight is 375 g/mol. The Bertz CT molecular complexity index is 699. The molecule has 0 fully saturated rings. The predicted molar refractivity (Wildman–Crippen MR) is 95.8 cm³/mol. The van der Waals surface area contributed by atoms with E-state index >= 15 is 0 Å². The molecule has 0 unspecified atom stereocenters. The number of nitrogens with one attached hydrogen (secondary N) is 1. The van der Waals surface area contributed by atoms with E-state index in [1.54, 1.807) is 0 Å². The Morgan fingerprint density at radius 1 is 1.22 bits per heavy atom. The van der Waals surface area contributed by atoms with Crippen molar-refractivity contribution < 1.29 is 9.53 Å². The number of aryl methyl sites for hydroxylation is 1. The zero-order valence-corrected chi connectivity index (χ0v) is 14.8. The highest BCUT2D eigenvalue weighted by atomic mass is 79.9. The lowest BCUT2D eigenvalue weighted by Crippen LogP contribution is -2.26. The minimum atomic E-state index is -0.283. The molecule has 0 saturated carbocycles. The van der Waals surface area contributed by atoms with E-state index in [2.05, 4.69) is 26.5 Å². The van der Waals surface area contributed by atoms with Crippen LogP contribution in [0, 0.1) is 6.92 Å². The van der Waals surface area contributed by atoms with Gasteiger partial charge >= 0.3 is 0 Å².